The van der Waals surface area contributed by atoms with Gasteiger partial charge in [0, 0.05) is 30.4 Å². The summed E-state index contributed by atoms with van der Waals surface area (Å²) in [5, 5.41) is 3.69. The third-order valence-electron chi connectivity index (χ3n) is 3.97. The Morgan fingerprint density at radius 1 is 1.31 bits per heavy atom. The first kappa shape index (κ1) is 12.7. The van der Waals surface area contributed by atoms with Crippen molar-refractivity contribution in [1.29, 1.82) is 0 Å². The lowest BCUT2D eigenvalue weighted by Crippen LogP contribution is -2.48. The lowest BCUT2D eigenvalue weighted by Gasteiger charge is -2.35. The van der Waals surface area contributed by atoms with E-state index in [0.29, 0.717) is 6.04 Å². The highest BCUT2D eigenvalue weighted by molar-refractivity contribution is 7.99. The van der Waals surface area contributed by atoms with E-state index in [2.05, 4.69) is 42.9 Å². The zero-order chi connectivity index (χ0) is 11.5. The van der Waals surface area contributed by atoms with E-state index in [1.807, 2.05) is 0 Å². The van der Waals surface area contributed by atoms with E-state index in [1.54, 1.807) is 0 Å². The van der Waals surface area contributed by atoms with Crippen molar-refractivity contribution < 1.29 is 0 Å². The Hall–Kier alpha value is 0.270. The molecule has 2 aliphatic rings. The molecule has 1 aliphatic carbocycles. The average molecular weight is 242 g/mol. The SMILES string of the molecule is CC(C)C(CNC1CC1)N(C)C1CCSC1. The highest BCUT2D eigenvalue weighted by Gasteiger charge is 2.29. The zero-order valence-corrected chi connectivity index (χ0v) is 11.7. The topological polar surface area (TPSA) is 15.3 Å². The summed E-state index contributed by atoms with van der Waals surface area (Å²) in [6, 6.07) is 2.37. The van der Waals surface area contributed by atoms with Gasteiger partial charge in [0.05, 0.1) is 0 Å². The molecule has 0 aromatic carbocycles. The van der Waals surface area contributed by atoms with Gasteiger partial charge in [-0.25, -0.2) is 0 Å². The van der Waals surface area contributed by atoms with Crippen LogP contribution in [0.25, 0.3) is 0 Å². The van der Waals surface area contributed by atoms with Gasteiger partial charge in [0.2, 0.25) is 0 Å². The fourth-order valence-corrected chi connectivity index (χ4v) is 3.82. The van der Waals surface area contributed by atoms with Crippen molar-refractivity contribution in [2.24, 2.45) is 5.92 Å². The number of rotatable bonds is 6. The normalized spacial score (nSPS) is 27.9. The number of thioether (sulfide) groups is 1. The molecule has 0 aromatic rings. The van der Waals surface area contributed by atoms with Crippen LogP contribution >= 0.6 is 11.8 Å². The molecule has 0 bridgehead atoms. The van der Waals surface area contributed by atoms with E-state index in [-0.39, 0.29) is 0 Å². The number of hydrogen-bond donors (Lipinski definition) is 1. The summed E-state index contributed by atoms with van der Waals surface area (Å²) in [5.41, 5.74) is 0. The lowest BCUT2D eigenvalue weighted by atomic mass is 10.0. The molecule has 1 N–H and O–H groups in total. The van der Waals surface area contributed by atoms with Gasteiger partial charge in [-0.15, -0.1) is 0 Å². The Kier molecular flexibility index (Phi) is 4.57. The molecule has 2 atom stereocenters. The van der Waals surface area contributed by atoms with Crippen molar-refractivity contribution in [3.63, 3.8) is 0 Å². The molecule has 2 nitrogen and oxygen atoms in total. The molecule has 1 saturated heterocycles. The second-order valence-electron chi connectivity index (χ2n) is 5.68. The minimum Gasteiger partial charge on any atom is -0.312 e. The van der Waals surface area contributed by atoms with E-state index in [0.717, 1.165) is 18.0 Å². The average Bonchev–Trinajstić information content (AvgIpc) is 2.91. The molecule has 3 heteroatoms. The molecule has 2 fully saturated rings. The molecule has 2 rings (SSSR count). The maximum Gasteiger partial charge on any atom is 0.0243 e. The summed E-state index contributed by atoms with van der Waals surface area (Å²) < 4.78 is 0. The van der Waals surface area contributed by atoms with E-state index in [4.69, 9.17) is 0 Å². The van der Waals surface area contributed by atoms with Crippen molar-refractivity contribution in [1.82, 2.24) is 10.2 Å². The molecule has 0 amide bonds. The van der Waals surface area contributed by atoms with Crippen LogP contribution in [-0.2, 0) is 0 Å². The third-order valence-corrected chi connectivity index (χ3v) is 5.11. The maximum absolute atomic E-state index is 3.69. The van der Waals surface area contributed by atoms with Crippen LogP contribution in [0.4, 0.5) is 0 Å². The lowest BCUT2D eigenvalue weighted by molar-refractivity contribution is 0.144. The molecular formula is C13H26N2S. The van der Waals surface area contributed by atoms with Crippen molar-refractivity contribution in [3.05, 3.63) is 0 Å². The predicted molar refractivity (Wildman–Crippen MR) is 73.1 cm³/mol. The second kappa shape index (κ2) is 5.74. The van der Waals surface area contributed by atoms with Gasteiger partial charge >= 0.3 is 0 Å². The Morgan fingerprint density at radius 3 is 2.56 bits per heavy atom. The van der Waals surface area contributed by atoms with Crippen molar-refractivity contribution >= 4 is 11.8 Å². The summed E-state index contributed by atoms with van der Waals surface area (Å²) in [7, 11) is 2.33. The monoisotopic (exact) mass is 242 g/mol. The van der Waals surface area contributed by atoms with Gasteiger partial charge < -0.3 is 5.32 Å². The number of likely N-dealkylation sites (N-methyl/N-ethyl adjacent to an activating group) is 1. The summed E-state index contributed by atoms with van der Waals surface area (Å²) >= 11 is 2.11. The first-order valence-electron chi connectivity index (χ1n) is 6.71. The highest BCUT2D eigenvalue weighted by Crippen LogP contribution is 2.25. The standard InChI is InChI=1S/C13H26N2S/c1-10(2)13(8-14-11-4-5-11)15(3)12-6-7-16-9-12/h10-14H,4-9H2,1-3H3. The highest BCUT2D eigenvalue weighted by atomic mass is 32.2. The molecule has 2 unspecified atom stereocenters. The predicted octanol–water partition coefficient (Wildman–Crippen LogP) is 2.20. The molecule has 16 heavy (non-hydrogen) atoms. The third kappa shape index (κ3) is 3.38. The Bertz CT molecular complexity index is 210. The van der Waals surface area contributed by atoms with Gasteiger partial charge in [-0.3, -0.25) is 4.90 Å². The van der Waals surface area contributed by atoms with Crippen molar-refractivity contribution in [2.75, 3.05) is 25.1 Å². The molecular weight excluding hydrogens is 216 g/mol. The maximum atomic E-state index is 3.69. The van der Waals surface area contributed by atoms with Crippen LogP contribution in [-0.4, -0.2) is 48.1 Å². The summed E-state index contributed by atoms with van der Waals surface area (Å²) in [6.45, 7) is 5.90. The molecule has 0 radical (unpaired) electrons. The Labute approximate surface area is 105 Å². The molecule has 1 saturated carbocycles. The minimum absolute atomic E-state index is 0.712. The Balaban J connectivity index is 1.83. The van der Waals surface area contributed by atoms with Crippen LogP contribution in [0.5, 0.6) is 0 Å². The van der Waals surface area contributed by atoms with E-state index in [1.165, 1.54) is 37.3 Å². The number of nitrogens with zero attached hydrogens (tertiary/aromatic N) is 1. The molecule has 1 heterocycles. The van der Waals surface area contributed by atoms with Gasteiger partial charge in [-0.1, -0.05) is 13.8 Å². The van der Waals surface area contributed by atoms with Gasteiger partial charge in [0.1, 0.15) is 0 Å². The molecule has 1 aliphatic heterocycles. The van der Waals surface area contributed by atoms with Gasteiger partial charge in [0.25, 0.3) is 0 Å². The van der Waals surface area contributed by atoms with Crippen LogP contribution in [0.2, 0.25) is 0 Å². The Morgan fingerprint density at radius 2 is 2.06 bits per heavy atom. The van der Waals surface area contributed by atoms with E-state index >= 15 is 0 Å². The van der Waals surface area contributed by atoms with Crippen LogP contribution in [0.15, 0.2) is 0 Å². The first-order valence-corrected chi connectivity index (χ1v) is 7.87. The fourth-order valence-electron chi connectivity index (χ4n) is 2.54. The molecule has 0 spiro atoms. The fraction of sp³-hybridized carbons (Fsp3) is 1.00. The first-order chi connectivity index (χ1) is 7.68. The van der Waals surface area contributed by atoms with Crippen LogP contribution in [0.3, 0.4) is 0 Å². The van der Waals surface area contributed by atoms with Gasteiger partial charge in [-0.2, -0.15) is 11.8 Å². The largest absolute Gasteiger partial charge is 0.312 e. The van der Waals surface area contributed by atoms with Crippen LogP contribution < -0.4 is 5.32 Å². The van der Waals surface area contributed by atoms with Gasteiger partial charge in [-0.05, 0) is 38.0 Å². The van der Waals surface area contributed by atoms with Crippen LogP contribution in [0, 0.1) is 5.92 Å². The molecule has 94 valence electrons. The van der Waals surface area contributed by atoms with Crippen molar-refractivity contribution in [3.8, 4) is 0 Å². The van der Waals surface area contributed by atoms with E-state index < -0.39 is 0 Å². The van der Waals surface area contributed by atoms with Crippen LogP contribution in [0.1, 0.15) is 33.1 Å². The molecule has 0 aromatic heterocycles. The number of hydrogen-bond acceptors (Lipinski definition) is 3. The van der Waals surface area contributed by atoms with Gasteiger partial charge in [0.15, 0.2) is 0 Å². The quantitative estimate of drug-likeness (QED) is 0.769. The summed E-state index contributed by atoms with van der Waals surface area (Å²) in [4.78, 5) is 2.64. The summed E-state index contributed by atoms with van der Waals surface area (Å²) in [6.07, 6.45) is 4.18. The summed E-state index contributed by atoms with van der Waals surface area (Å²) in [5.74, 6) is 3.45. The van der Waals surface area contributed by atoms with Crippen molar-refractivity contribution in [2.45, 2.75) is 51.2 Å². The smallest absolute Gasteiger partial charge is 0.0243 e. The van der Waals surface area contributed by atoms with E-state index in [9.17, 15) is 0 Å². The minimum atomic E-state index is 0.712. The second-order valence-corrected chi connectivity index (χ2v) is 6.83. The number of nitrogens with one attached hydrogen (secondary N) is 1. The zero-order valence-electron chi connectivity index (χ0n) is 10.9.